The summed E-state index contributed by atoms with van der Waals surface area (Å²) in [6, 6.07) is 8.08. The van der Waals surface area contributed by atoms with Crippen LogP contribution < -0.4 is 5.69 Å². The van der Waals surface area contributed by atoms with Gasteiger partial charge in [0.05, 0.1) is 34.5 Å². The highest BCUT2D eigenvalue weighted by molar-refractivity contribution is 5.83. The standard InChI is InChI=1S/C26H25F3N8O2/c1-34-9-6-17(7-10-34)37-22-11-18(20-5-8-31-35(20)2)19(27)12-21(22)36(26(37)38)14-16-4-3-15(13-30-16)24-32-33-25(39-24)23(28)29/h3-5,8,11-13,17,23H,6-7,9-10,14H2,1-2H3. The third-order valence-corrected chi connectivity index (χ3v) is 7.22. The van der Waals surface area contributed by atoms with Crippen LogP contribution in [0.4, 0.5) is 13.2 Å². The lowest BCUT2D eigenvalue weighted by Gasteiger charge is -2.29. The SMILES string of the molecule is CN1CCC(n2c(=O)n(Cc3ccc(-c4nnc(C(F)F)o4)cn3)c3cc(F)c(-c4ccnn4C)cc32)CC1. The number of aryl methyl sites for hydroxylation is 1. The van der Waals surface area contributed by atoms with Gasteiger partial charge in [-0.1, -0.05) is 0 Å². The number of nitrogens with zero attached hydrogens (tertiary/aromatic N) is 8. The Morgan fingerprint density at radius 3 is 2.51 bits per heavy atom. The molecule has 0 radical (unpaired) electrons. The van der Waals surface area contributed by atoms with Crippen molar-refractivity contribution < 1.29 is 17.6 Å². The fourth-order valence-corrected chi connectivity index (χ4v) is 5.14. The van der Waals surface area contributed by atoms with Crippen LogP contribution in [0.5, 0.6) is 0 Å². The van der Waals surface area contributed by atoms with Crippen molar-refractivity contribution in [2.45, 2.75) is 31.9 Å². The van der Waals surface area contributed by atoms with Gasteiger partial charge in [-0.25, -0.2) is 9.18 Å². The van der Waals surface area contributed by atoms with E-state index in [0.717, 1.165) is 25.9 Å². The Balaban J connectivity index is 1.41. The Morgan fingerprint density at radius 1 is 1.08 bits per heavy atom. The first-order valence-corrected chi connectivity index (χ1v) is 12.5. The second kappa shape index (κ2) is 9.80. The molecule has 0 atom stereocenters. The zero-order valence-corrected chi connectivity index (χ0v) is 21.3. The number of alkyl halides is 2. The van der Waals surface area contributed by atoms with E-state index >= 15 is 4.39 Å². The second-order valence-corrected chi connectivity index (χ2v) is 9.72. The van der Waals surface area contributed by atoms with E-state index in [-0.39, 0.29) is 24.2 Å². The van der Waals surface area contributed by atoms with Gasteiger partial charge in [0.1, 0.15) is 5.82 Å². The summed E-state index contributed by atoms with van der Waals surface area (Å²) >= 11 is 0. The van der Waals surface area contributed by atoms with Crippen LogP contribution in [-0.2, 0) is 13.6 Å². The van der Waals surface area contributed by atoms with Gasteiger partial charge >= 0.3 is 12.1 Å². The first-order valence-electron chi connectivity index (χ1n) is 12.5. The molecule has 1 aromatic carbocycles. The smallest absolute Gasteiger partial charge is 0.329 e. The highest BCUT2D eigenvalue weighted by Crippen LogP contribution is 2.31. The van der Waals surface area contributed by atoms with Crippen LogP contribution in [0.2, 0.25) is 0 Å². The number of hydrogen-bond acceptors (Lipinski definition) is 7. The van der Waals surface area contributed by atoms with Crippen molar-refractivity contribution in [3.63, 3.8) is 0 Å². The third kappa shape index (κ3) is 4.52. The maximum absolute atomic E-state index is 15.5. The minimum absolute atomic E-state index is 0.0285. The van der Waals surface area contributed by atoms with E-state index < -0.39 is 18.1 Å². The van der Waals surface area contributed by atoms with Gasteiger partial charge in [0.15, 0.2) is 0 Å². The van der Waals surface area contributed by atoms with Gasteiger partial charge < -0.3 is 9.32 Å². The van der Waals surface area contributed by atoms with Crippen LogP contribution in [0, 0.1) is 5.82 Å². The van der Waals surface area contributed by atoms with Gasteiger partial charge in [-0.15, -0.1) is 10.2 Å². The zero-order valence-electron chi connectivity index (χ0n) is 21.3. The molecule has 10 nitrogen and oxygen atoms in total. The van der Waals surface area contributed by atoms with Crippen LogP contribution in [0.15, 0.2) is 51.9 Å². The lowest BCUT2D eigenvalue weighted by Crippen LogP contribution is -2.36. The summed E-state index contributed by atoms with van der Waals surface area (Å²) in [6.07, 6.45) is 1.75. The lowest BCUT2D eigenvalue weighted by atomic mass is 10.0. The number of imidazole rings is 1. The number of rotatable bonds is 6. The maximum atomic E-state index is 15.5. The van der Waals surface area contributed by atoms with Crippen molar-refractivity contribution in [1.29, 1.82) is 0 Å². The quantitative estimate of drug-likeness (QED) is 0.322. The fourth-order valence-electron chi connectivity index (χ4n) is 5.14. The van der Waals surface area contributed by atoms with Crippen LogP contribution >= 0.6 is 0 Å². The minimum atomic E-state index is -2.87. The molecule has 0 saturated carbocycles. The monoisotopic (exact) mass is 538 g/mol. The summed E-state index contributed by atoms with van der Waals surface area (Å²) in [7, 11) is 3.79. The van der Waals surface area contributed by atoms with Gasteiger partial charge in [0.25, 0.3) is 5.89 Å². The molecule has 0 N–H and O–H groups in total. The minimum Gasteiger partial charge on any atom is -0.415 e. The molecule has 39 heavy (non-hydrogen) atoms. The first kappa shape index (κ1) is 25.0. The van der Waals surface area contributed by atoms with Crippen molar-refractivity contribution in [2.75, 3.05) is 20.1 Å². The van der Waals surface area contributed by atoms with E-state index in [9.17, 15) is 13.6 Å². The van der Waals surface area contributed by atoms with E-state index in [4.69, 9.17) is 4.42 Å². The molecular weight excluding hydrogens is 513 g/mol. The molecule has 0 spiro atoms. The number of fused-ring (bicyclic) bond motifs is 1. The second-order valence-electron chi connectivity index (χ2n) is 9.72. The molecule has 5 heterocycles. The number of pyridine rings is 1. The fraction of sp³-hybridized carbons (Fsp3) is 0.346. The van der Waals surface area contributed by atoms with Gasteiger partial charge in [-0.3, -0.25) is 18.8 Å². The Kier molecular flexibility index (Phi) is 6.29. The molecule has 5 aromatic rings. The molecule has 0 aliphatic carbocycles. The van der Waals surface area contributed by atoms with Crippen LogP contribution in [0.25, 0.3) is 33.7 Å². The molecule has 4 aromatic heterocycles. The topological polar surface area (TPSA) is 99.8 Å². The number of hydrogen-bond donors (Lipinski definition) is 0. The van der Waals surface area contributed by atoms with Gasteiger partial charge in [-0.05, 0) is 57.2 Å². The summed E-state index contributed by atoms with van der Waals surface area (Å²) in [5, 5.41) is 11.1. The van der Waals surface area contributed by atoms with Gasteiger partial charge in [0, 0.05) is 37.1 Å². The van der Waals surface area contributed by atoms with Crippen molar-refractivity contribution >= 4 is 11.0 Å². The molecule has 0 bridgehead atoms. The van der Waals surface area contributed by atoms with Crippen molar-refractivity contribution in [2.24, 2.45) is 7.05 Å². The summed E-state index contributed by atoms with van der Waals surface area (Å²) in [6.45, 7) is 1.79. The van der Waals surface area contributed by atoms with E-state index in [0.29, 0.717) is 33.5 Å². The van der Waals surface area contributed by atoms with Gasteiger partial charge in [0.2, 0.25) is 5.89 Å². The summed E-state index contributed by atoms with van der Waals surface area (Å²) < 4.78 is 50.9. The molecule has 202 valence electrons. The highest BCUT2D eigenvalue weighted by Gasteiger charge is 2.26. The highest BCUT2D eigenvalue weighted by atomic mass is 19.3. The van der Waals surface area contributed by atoms with E-state index in [2.05, 4.69) is 32.2 Å². The summed E-state index contributed by atoms with van der Waals surface area (Å²) in [5.74, 6) is -1.31. The van der Waals surface area contributed by atoms with Crippen molar-refractivity contribution in [3.8, 4) is 22.7 Å². The maximum Gasteiger partial charge on any atom is 0.329 e. The van der Waals surface area contributed by atoms with Gasteiger partial charge in [-0.2, -0.15) is 13.9 Å². The molecule has 0 unspecified atom stereocenters. The zero-order chi connectivity index (χ0) is 27.3. The molecule has 0 amide bonds. The van der Waals surface area contributed by atoms with E-state index in [1.54, 1.807) is 46.8 Å². The molecule has 1 saturated heterocycles. The van der Waals surface area contributed by atoms with Crippen molar-refractivity contribution in [1.82, 2.24) is 39.0 Å². The molecule has 1 aliphatic rings. The third-order valence-electron chi connectivity index (χ3n) is 7.22. The number of likely N-dealkylation sites (tertiary alicyclic amines) is 1. The number of piperidine rings is 1. The summed E-state index contributed by atoms with van der Waals surface area (Å²) in [4.78, 5) is 20.4. The van der Waals surface area contributed by atoms with Crippen molar-refractivity contribution in [3.05, 3.63) is 70.6 Å². The number of aromatic nitrogens is 7. The van der Waals surface area contributed by atoms with E-state index in [1.165, 1.54) is 16.8 Å². The first-order chi connectivity index (χ1) is 18.8. The predicted molar refractivity (Wildman–Crippen MR) is 136 cm³/mol. The normalized spacial score (nSPS) is 15.1. The van der Waals surface area contributed by atoms with Crippen LogP contribution in [-0.4, -0.2) is 59.1 Å². The Bertz CT molecular complexity index is 1690. The average molecular weight is 539 g/mol. The predicted octanol–water partition coefficient (Wildman–Crippen LogP) is 4.04. The molecule has 6 rings (SSSR count). The molecular formula is C26H25F3N8O2. The number of benzene rings is 1. The Hall–Kier alpha value is -4.26. The molecule has 1 aliphatic heterocycles. The lowest BCUT2D eigenvalue weighted by molar-refractivity contribution is 0.116. The van der Waals surface area contributed by atoms with Crippen LogP contribution in [0.3, 0.4) is 0 Å². The average Bonchev–Trinajstić information content (AvgIpc) is 3.64. The Morgan fingerprint density at radius 2 is 1.87 bits per heavy atom. The van der Waals surface area contributed by atoms with E-state index in [1.807, 2.05) is 0 Å². The molecule has 13 heteroatoms. The summed E-state index contributed by atoms with van der Waals surface area (Å²) in [5.41, 5.74) is 2.73. The largest absolute Gasteiger partial charge is 0.415 e. The number of halogens is 3. The molecule has 1 fully saturated rings. The van der Waals surface area contributed by atoms with Crippen LogP contribution in [0.1, 0.15) is 36.9 Å². The Labute approximate surface area is 220 Å².